The molecule has 3 rings (SSSR count). The van der Waals surface area contributed by atoms with Crippen LogP contribution in [0.4, 0.5) is 0 Å². The molecule has 3 unspecified atom stereocenters. The highest BCUT2D eigenvalue weighted by atomic mass is 28.4. The van der Waals surface area contributed by atoms with Crippen LogP contribution in [0.15, 0.2) is 0 Å². The Morgan fingerprint density at radius 3 is 2.17 bits per heavy atom. The second kappa shape index (κ2) is 18.0. The van der Waals surface area contributed by atoms with E-state index in [1.165, 1.54) is 0 Å². The molecule has 0 bridgehead atoms. The van der Waals surface area contributed by atoms with Crippen LogP contribution in [0.1, 0.15) is 26.7 Å². The molecule has 3 atom stereocenters. The number of likely N-dealkylation sites (N-methyl/N-ethyl adjacent to an activating group) is 2. The average Bonchev–Trinajstić information content (AvgIpc) is 2.90. The fourth-order valence-electron chi connectivity index (χ4n) is 5.95. The maximum atomic E-state index is 7.02. The van der Waals surface area contributed by atoms with Crippen molar-refractivity contribution in [3.8, 4) is 0 Å². The lowest BCUT2D eigenvalue weighted by Crippen LogP contribution is -2.55. The second-order valence-corrected chi connectivity index (χ2v) is 18.8. The van der Waals surface area contributed by atoms with Gasteiger partial charge in [0.05, 0.1) is 25.4 Å². The zero-order valence-corrected chi connectivity index (χ0v) is 28.5. The van der Waals surface area contributed by atoms with E-state index in [1.807, 2.05) is 13.8 Å². The minimum absolute atomic E-state index is 0.00659. The van der Waals surface area contributed by atoms with Crippen LogP contribution in [0, 0.1) is 0 Å². The zero-order chi connectivity index (χ0) is 28.8. The summed E-state index contributed by atoms with van der Waals surface area (Å²) in [7, 11) is -0.137. The van der Waals surface area contributed by atoms with Gasteiger partial charge in [-0.3, -0.25) is 9.80 Å². The first-order valence-electron chi connectivity index (χ1n) is 15.8. The van der Waals surface area contributed by atoms with Gasteiger partial charge < -0.3 is 37.0 Å². The van der Waals surface area contributed by atoms with E-state index in [0.717, 1.165) is 97.0 Å². The summed E-state index contributed by atoms with van der Waals surface area (Å²) in [6.45, 7) is 23.2. The standard InChI is InChI=1S/C28H60N4O6Si2/c1-7-35-39(5,36-8-2)21-9-19-33-25-27(23-31-15-11-29(3)12-16-31)37-40(6)22-10-20-34-26-28(38-40)24-32-17-13-30(4)14-18-32/h27-28H,7-26H2,1-6H3. The minimum Gasteiger partial charge on any atom is -0.395 e. The Kier molecular flexibility index (Phi) is 15.5. The first-order valence-corrected chi connectivity index (χ1v) is 20.9. The number of piperazine rings is 2. The largest absolute Gasteiger partial charge is 0.395 e. The zero-order valence-electron chi connectivity index (χ0n) is 26.5. The molecular formula is C28H60N4O6Si2. The van der Waals surface area contributed by atoms with Crippen LogP contribution in [-0.4, -0.2) is 168 Å². The van der Waals surface area contributed by atoms with Gasteiger partial charge in [-0.15, -0.1) is 0 Å². The molecule has 40 heavy (non-hydrogen) atoms. The number of hydrogen-bond donors (Lipinski definition) is 0. The molecule has 3 saturated heterocycles. The molecule has 0 aromatic carbocycles. The normalized spacial score (nSPS) is 27.9. The van der Waals surface area contributed by atoms with E-state index in [-0.39, 0.29) is 12.2 Å². The van der Waals surface area contributed by atoms with Crippen molar-refractivity contribution < 1.29 is 27.2 Å². The Morgan fingerprint density at radius 2 is 1.55 bits per heavy atom. The molecule has 0 aliphatic carbocycles. The fourth-order valence-corrected chi connectivity index (χ4v) is 11.1. The highest BCUT2D eigenvalue weighted by Crippen LogP contribution is 2.24. The van der Waals surface area contributed by atoms with Crippen LogP contribution in [0.3, 0.4) is 0 Å². The van der Waals surface area contributed by atoms with Crippen LogP contribution in [0.2, 0.25) is 25.2 Å². The number of nitrogens with zero attached hydrogens (tertiary/aromatic N) is 4. The summed E-state index contributed by atoms with van der Waals surface area (Å²) in [6.07, 6.45) is 2.00. The molecule has 3 fully saturated rings. The first kappa shape index (κ1) is 34.5. The van der Waals surface area contributed by atoms with E-state index >= 15 is 0 Å². The second-order valence-electron chi connectivity index (χ2n) is 12.2. The third-order valence-corrected chi connectivity index (χ3v) is 14.3. The number of ether oxygens (including phenoxy) is 2. The van der Waals surface area contributed by atoms with Gasteiger partial charge in [-0.2, -0.15) is 0 Å². The molecule has 0 amide bonds. The maximum Gasteiger partial charge on any atom is 0.335 e. The minimum atomic E-state index is -2.43. The van der Waals surface area contributed by atoms with E-state index in [2.05, 4.69) is 46.8 Å². The summed E-state index contributed by atoms with van der Waals surface area (Å²) in [5.74, 6) is 0. The molecule has 0 aromatic rings. The highest BCUT2D eigenvalue weighted by molar-refractivity contribution is 6.66. The topological polar surface area (TPSA) is 68.3 Å². The Labute approximate surface area is 247 Å². The van der Waals surface area contributed by atoms with Gasteiger partial charge in [-0.1, -0.05) is 0 Å². The van der Waals surface area contributed by atoms with Crippen LogP contribution >= 0.6 is 0 Å². The van der Waals surface area contributed by atoms with Gasteiger partial charge in [0.25, 0.3) is 0 Å². The number of hydrogen-bond acceptors (Lipinski definition) is 10. The van der Waals surface area contributed by atoms with Crippen LogP contribution < -0.4 is 0 Å². The molecule has 236 valence electrons. The monoisotopic (exact) mass is 604 g/mol. The van der Waals surface area contributed by atoms with E-state index < -0.39 is 17.1 Å². The van der Waals surface area contributed by atoms with Gasteiger partial charge >= 0.3 is 17.1 Å². The van der Waals surface area contributed by atoms with Crippen molar-refractivity contribution in [2.24, 2.45) is 0 Å². The van der Waals surface area contributed by atoms with Crippen molar-refractivity contribution >= 4 is 17.1 Å². The molecule has 0 saturated carbocycles. The SMILES string of the molecule is CCO[Si](C)(CCCOCC(CN1CCN(C)CC1)O[Si]1(C)CCCOCC(CN2CCN(C)CC2)O1)OCC. The lowest BCUT2D eigenvalue weighted by Gasteiger charge is -2.41. The summed E-state index contributed by atoms with van der Waals surface area (Å²) in [5.41, 5.74) is 0. The molecule has 0 aromatic heterocycles. The third kappa shape index (κ3) is 12.7. The maximum absolute atomic E-state index is 7.02. The summed E-state index contributed by atoms with van der Waals surface area (Å²) >= 11 is 0. The van der Waals surface area contributed by atoms with Gasteiger partial charge in [0.15, 0.2) is 0 Å². The van der Waals surface area contributed by atoms with Crippen molar-refractivity contribution in [3.63, 3.8) is 0 Å². The van der Waals surface area contributed by atoms with Crippen LogP contribution in [0.5, 0.6) is 0 Å². The molecule has 3 heterocycles. The molecule has 0 N–H and O–H groups in total. The summed E-state index contributed by atoms with van der Waals surface area (Å²) in [6, 6.07) is 1.90. The number of rotatable bonds is 16. The van der Waals surface area contributed by atoms with Crippen molar-refractivity contribution in [2.75, 3.05) is 119 Å². The summed E-state index contributed by atoms with van der Waals surface area (Å²) in [4.78, 5) is 9.86. The Balaban J connectivity index is 1.57. The molecule has 3 aliphatic rings. The Bertz CT molecular complexity index is 679. The van der Waals surface area contributed by atoms with E-state index in [1.54, 1.807) is 0 Å². The van der Waals surface area contributed by atoms with E-state index in [4.69, 9.17) is 27.2 Å². The molecule has 0 spiro atoms. The highest BCUT2D eigenvalue weighted by Gasteiger charge is 2.39. The molecular weight excluding hydrogens is 545 g/mol. The Hall–Kier alpha value is 0.0338. The van der Waals surface area contributed by atoms with E-state index in [9.17, 15) is 0 Å². The molecule has 0 radical (unpaired) electrons. The predicted octanol–water partition coefficient (Wildman–Crippen LogP) is 2.30. The smallest absolute Gasteiger partial charge is 0.335 e. The van der Waals surface area contributed by atoms with Gasteiger partial charge in [0.2, 0.25) is 0 Å². The Morgan fingerprint density at radius 1 is 0.925 bits per heavy atom. The van der Waals surface area contributed by atoms with Crippen molar-refractivity contribution in [1.29, 1.82) is 0 Å². The lowest BCUT2D eigenvalue weighted by atomic mass is 10.3. The lowest BCUT2D eigenvalue weighted by molar-refractivity contribution is -0.0351. The van der Waals surface area contributed by atoms with Crippen molar-refractivity contribution in [1.82, 2.24) is 19.6 Å². The van der Waals surface area contributed by atoms with Gasteiger partial charge in [0.1, 0.15) is 0 Å². The predicted molar refractivity (Wildman–Crippen MR) is 165 cm³/mol. The first-order chi connectivity index (χ1) is 19.2. The van der Waals surface area contributed by atoms with Crippen LogP contribution in [0.25, 0.3) is 0 Å². The van der Waals surface area contributed by atoms with Gasteiger partial charge in [-0.05, 0) is 66.0 Å². The van der Waals surface area contributed by atoms with E-state index in [0.29, 0.717) is 33.0 Å². The van der Waals surface area contributed by atoms with Gasteiger partial charge in [-0.25, -0.2) is 0 Å². The third-order valence-electron chi connectivity index (χ3n) is 8.29. The van der Waals surface area contributed by atoms with Crippen molar-refractivity contribution in [2.45, 2.75) is 64.1 Å². The fraction of sp³-hybridized carbons (Fsp3) is 1.00. The molecule has 12 heteroatoms. The van der Waals surface area contributed by atoms with Crippen LogP contribution in [-0.2, 0) is 27.2 Å². The van der Waals surface area contributed by atoms with Gasteiger partial charge in [0, 0.05) is 91.9 Å². The molecule has 10 nitrogen and oxygen atoms in total. The quantitative estimate of drug-likeness (QED) is 0.194. The molecule has 3 aliphatic heterocycles. The summed E-state index contributed by atoms with van der Waals surface area (Å²) in [5, 5.41) is 0. The average molecular weight is 605 g/mol. The summed E-state index contributed by atoms with van der Waals surface area (Å²) < 4.78 is 38.2. The van der Waals surface area contributed by atoms with Crippen molar-refractivity contribution in [3.05, 3.63) is 0 Å².